The smallest absolute Gasteiger partial charge is 0.418 e. The third kappa shape index (κ3) is 5.44. The van der Waals surface area contributed by atoms with Gasteiger partial charge in [0.1, 0.15) is 34.3 Å². The molecule has 3 saturated heterocycles. The summed E-state index contributed by atoms with van der Waals surface area (Å²) in [5.41, 5.74) is 2.39. The van der Waals surface area contributed by atoms with Gasteiger partial charge in [-0.2, -0.15) is 23.1 Å². The van der Waals surface area contributed by atoms with E-state index in [2.05, 4.69) is 25.2 Å². The fourth-order valence-corrected chi connectivity index (χ4v) is 8.17. The Kier molecular flexibility index (Phi) is 7.19. The number of nitrogens with two attached hydrogens (primary N) is 1. The first-order valence-corrected chi connectivity index (χ1v) is 16.4. The first-order valence-electron chi connectivity index (χ1n) is 16.4. The minimum atomic E-state index is -4.89. The van der Waals surface area contributed by atoms with E-state index >= 15 is 4.39 Å². The van der Waals surface area contributed by atoms with E-state index in [1.54, 1.807) is 4.90 Å². The maximum Gasteiger partial charge on any atom is 0.418 e. The average molecular weight is 679 g/mol. The van der Waals surface area contributed by atoms with Gasteiger partial charge in [-0.05, 0) is 58.6 Å². The molecule has 0 aromatic carbocycles. The van der Waals surface area contributed by atoms with Gasteiger partial charge in [-0.25, -0.2) is 23.1 Å². The van der Waals surface area contributed by atoms with Crippen LogP contribution in [0.2, 0.25) is 0 Å². The van der Waals surface area contributed by atoms with Crippen LogP contribution in [-0.2, 0) is 6.18 Å². The SMILES string of the molecule is Cc1nc(N)cc(-c2nc3c4c(nc(OCC5(CN6CCCC(F)(F)C6)CC5)nc4c2F)N2C[C@H]4CC[C@H](N4)[C@H]2[C@H](C)O3)c1C(F)(F)F. The average Bonchev–Trinajstić information content (AvgIpc) is 3.68. The van der Waals surface area contributed by atoms with Crippen molar-refractivity contribution in [2.24, 2.45) is 5.41 Å². The number of nitrogens with one attached hydrogen (secondary N) is 1. The van der Waals surface area contributed by atoms with Crippen LogP contribution < -0.4 is 25.4 Å². The number of piperazine rings is 1. The lowest BCUT2D eigenvalue weighted by Crippen LogP contribution is -2.62. The second-order valence-corrected chi connectivity index (χ2v) is 14.2. The van der Waals surface area contributed by atoms with Gasteiger partial charge >= 0.3 is 12.2 Å². The van der Waals surface area contributed by atoms with Gasteiger partial charge in [0.25, 0.3) is 5.92 Å². The number of halogens is 6. The van der Waals surface area contributed by atoms with Crippen LogP contribution >= 0.6 is 0 Å². The number of rotatable bonds is 6. The van der Waals surface area contributed by atoms with E-state index in [1.807, 2.05) is 6.92 Å². The van der Waals surface area contributed by atoms with Crippen LogP contribution in [0.4, 0.5) is 38.0 Å². The second kappa shape index (κ2) is 10.9. The van der Waals surface area contributed by atoms with Gasteiger partial charge in [-0.3, -0.25) is 4.90 Å². The van der Waals surface area contributed by atoms with Gasteiger partial charge in [0, 0.05) is 42.6 Å². The highest BCUT2D eigenvalue weighted by atomic mass is 19.4. The molecule has 4 aliphatic heterocycles. The molecule has 48 heavy (non-hydrogen) atoms. The molecule has 4 atom stereocenters. The number of aryl methyl sites for hydroxylation is 1. The number of nitrogens with zero attached hydrogens (tertiary/aromatic N) is 6. The number of nitrogen functional groups attached to an aromatic ring is 1. The third-order valence-electron chi connectivity index (χ3n) is 10.5. The van der Waals surface area contributed by atoms with Crippen LogP contribution in [0, 0.1) is 18.2 Å². The lowest BCUT2D eigenvalue weighted by atomic mass is 9.99. The summed E-state index contributed by atoms with van der Waals surface area (Å²) in [6.45, 7) is 4.35. The van der Waals surface area contributed by atoms with Crippen LogP contribution in [-0.4, -0.2) is 87.8 Å². The summed E-state index contributed by atoms with van der Waals surface area (Å²) >= 11 is 0. The maximum absolute atomic E-state index is 16.8. The van der Waals surface area contributed by atoms with Crippen LogP contribution in [0.25, 0.3) is 22.2 Å². The zero-order valence-corrected chi connectivity index (χ0v) is 26.5. The second-order valence-electron chi connectivity index (χ2n) is 14.2. The zero-order chi connectivity index (χ0) is 33.7. The van der Waals surface area contributed by atoms with Crippen molar-refractivity contribution in [3.63, 3.8) is 0 Å². The number of likely N-dealkylation sites (tertiary alicyclic amines) is 1. The molecule has 8 rings (SSSR count). The lowest BCUT2D eigenvalue weighted by molar-refractivity contribution is -0.137. The van der Waals surface area contributed by atoms with Crippen LogP contribution in [0.1, 0.15) is 56.7 Å². The number of pyridine rings is 2. The number of hydrogen-bond acceptors (Lipinski definition) is 10. The van der Waals surface area contributed by atoms with Crippen molar-refractivity contribution in [1.82, 2.24) is 30.2 Å². The highest BCUT2D eigenvalue weighted by molar-refractivity contribution is 5.97. The Morgan fingerprint density at radius 2 is 1.92 bits per heavy atom. The van der Waals surface area contributed by atoms with E-state index < -0.39 is 46.5 Å². The van der Waals surface area contributed by atoms with Crippen LogP contribution in [0.5, 0.6) is 11.9 Å². The van der Waals surface area contributed by atoms with Crippen molar-refractivity contribution in [1.29, 1.82) is 0 Å². The molecule has 16 heteroatoms. The molecule has 0 spiro atoms. The summed E-state index contributed by atoms with van der Waals surface area (Å²) in [5.74, 6) is -3.84. The summed E-state index contributed by atoms with van der Waals surface area (Å²) in [6.07, 6.45) is -1.77. The van der Waals surface area contributed by atoms with Crippen LogP contribution in [0.3, 0.4) is 0 Å². The molecule has 0 amide bonds. The monoisotopic (exact) mass is 678 g/mol. The van der Waals surface area contributed by atoms with Crippen molar-refractivity contribution in [2.45, 2.75) is 88.7 Å². The molecule has 3 aromatic heterocycles. The minimum Gasteiger partial charge on any atom is -0.472 e. The standard InChI is InChI=1S/C32H36F6N8O2/c1-15-22(32(36,37)38)18(10-20(39)40-15)24-23(33)25-21-27(46-11-17-4-5-19(41-17)26(46)16(2)48-28(21)42-24)44-29(43-25)47-14-30(7-8-30)12-45-9-3-6-31(34,35)13-45/h10,16-17,19,26,41H,3-9,11-14H2,1-2H3,(H2,39,40)/t16-,17+,19-,26+/m0/s1. The summed E-state index contributed by atoms with van der Waals surface area (Å²) < 4.78 is 101. The largest absolute Gasteiger partial charge is 0.472 e. The Morgan fingerprint density at radius 3 is 2.65 bits per heavy atom. The predicted molar refractivity (Wildman–Crippen MR) is 164 cm³/mol. The molecule has 5 aliphatic rings. The fraction of sp³-hybridized carbons (Fsp3) is 0.625. The number of anilines is 2. The molecular formula is C32H36F6N8O2. The van der Waals surface area contributed by atoms with Gasteiger partial charge < -0.3 is 25.4 Å². The summed E-state index contributed by atoms with van der Waals surface area (Å²) in [6, 6.07) is 0.738. The van der Waals surface area contributed by atoms with Gasteiger partial charge in [0.2, 0.25) is 5.88 Å². The summed E-state index contributed by atoms with van der Waals surface area (Å²) in [7, 11) is 0. The molecular weight excluding hydrogens is 642 g/mol. The Labute approximate surface area is 272 Å². The Balaban J connectivity index is 1.24. The molecule has 4 fully saturated rings. The highest BCUT2D eigenvalue weighted by Crippen LogP contribution is 2.49. The molecule has 10 nitrogen and oxygen atoms in total. The Hall–Kier alpha value is -3.66. The van der Waals surface area contributed by atoms with Gasteiger partial charge in [0.05, 0.1) is 30.5 Å². The number of aromatic nitrogens is 4. The minimum absolute atomic E-state index is 0.0312. The van der Waals surface area contributed by atoms with E-state index in [1.165, 1.54) is 0 Å². The zero-order valence-electron chi connectivity index (χ0n) is 26.5. The van der Waals surface area contributed by atoms with E-state index in [4.69, 9.17) is 20.2 Å². The molecule has 0 unspecified atom stereocenters. The first kappa shape index (κ1) is 31.6. The van der Waals surface area contributed by atoms with E-state index in [0.29, 0.717) is 31.9 Å². The Morgan fingerprint density at radius 1 is 1.12 bits per heavy atom. The summed E-state index contributed by atoms with van der Waals surface area (Å²) in [4.78, 5) is 21.2. The van der Waals surface area contributed by atoms with Gasteiger partial charge in [-0.1, -0.05) is 0 Å². The molecule has 0 radical (unpaired) electrons. The van der Waals surface area contributed by atoms with Crippen molar-refractivity contribution in [3.05, 3.63) is 23.1 Å². The van der Waals surface area contributed by atoms with Crippen molar-refractivity contribution in [3.8, 4) is 23.1 Å². The van der Waals surface area contributed by atoms with E-state index in [-0.39, 0.29) is 71.7 Å². The molecule has 1 saturated carbocycles. The fourth-order valence-electron chi connectivity index (χ4n) is 8.17. The lowest BCUT2D eigenvalue weighted by Gasteiger charge is -2.42. The van der Waals surface area contributed by atoms with E-state index in [9.17, 15) is 22.0 Å². The molecule has 258 valence electrons. The van der Waals surface area contributed by atoms with Crippen molar-refractivity contribution in [2.75, 3.05) is 43.4 Å². The number of piperidine rings is 1. The number of ether oxygens (including phenoxy) is 2. The summed E-state index contributed by atoms with van der Waals surface area (Å²) in [5, 5.41) is 3.75. The Bertz CT molecular complexity index is 1790. The van der Waals surface area contributed by atoms with Crippen molar-refractivity contribution < 1.29 is 35.8 Å². The highest BCUT2D eigenvalue weighted by Gasteiger charge is 2.49. The molecule has 3 N–H and O–H groups in total. The third-order valence-corrected chi connectivity index (χ3v) is 10.5. The quantitative estimate of drug-likeness (QED) is 0.341. The number of fused-ring (bicyclic) bond motifs is 5. The molecule has 1 aliphatic carbocycles. The molecule has 2 bridgehead atoms. The van der Waals surface area contributed by atoms with E-state index in [0.717, 1.165) is 38.7 Å². The number of hydrogen-bond donors (Lipinski definition) is 2. The maximum atomic E-state index is 16.8. The first-order chi connectivity index (χ1) is 22.7. The number of alkyl halides is 5. The van der Waals surface area contributed by atoms with Crippen LogP contribution in [0.15, 0.2) is 6.07 Å². The van der Waals surface area contributed by atoms with Gasteiger partial charge in [0.15, 0.2) is 5.82 Å². The van der Waals surface area contributed by atoms with Gasteiger partial charge in [-0.15, -0.1) is 0 Å². The van der Waals surface area contributed by atoms with Crippen molar-refractivity contribution >= 4 is 22.5 Å². The topological polar surface area (TPSA) is 115 Å². The predicted octanol–water partition coefficient (Wildman–Crippen LogP) is 5.12. The molecule has 7 heterocycles. The normalized spacial score (nSPS) is 27.4. The molecule has 3 aromatic rings.